The largest absolute Gasteiger partial charge is 0.460 e. The molecule has 4 nitrogen and oxygen atoms in total. The van der Waals surface area contributed by atoms with Gasteiger partial charge >= 0.3 is 12.1 Å². The molecule has 0 saturated heterocycles. The number of carbonyl (C=O) groups excluding carboxylic acids is 1. The minimum atomic E-state index is -4.52. The number of rotatable bonds is 5. The summed E-state index contributed by atoms with van der Waals surface area (Å²) in [4.78, 5) is 16.0. The predicted molar refractivity (Wildman–Crippen MR) is 96.0 cm³/mol. The zero-order valence-corrected chi connectivity index (χ0v) is 15.5. The van der Waals surface area contributed by atoms with Gasteiger partial charge < -0.3 is 9.15 Å². The van der Waals surface area contributed by atoms with Crippen molar-refractivity contribution in [3.05, 3.63) is 58.4 Å². The first-order valence-electron chi connectivity index (χ1n) is 7.84. The summed E-state index contributed by atoms with van der Waals surface area (Å²) in [5.74, 6) is -0.312. The smallest absolute Gasteiger partial charge is 0.417 e. The lowest BCUT2D eigenvalue weighted by molar-refractivity contribution is -0.137. The van der Waals surface area contributed by atoms with Crippen LogP contribution < -0.4 is 0 Å². The molecule has 142 valence electrons. The van der Waals surface area contributed by atoms with Crippen LogP contribution in [0.15, 0.2) is 46.0 Å². The van der Waals surface area contributed by atoms with E-state index in [1.807, 2.05) is 0 Å². The summed E-state index contributed by atoms with van der Waals surface area (Å²) in [6.07, 6.45) is -3.79. The summed E-state index contributed by atoms with van der Waals surface area (Å²) in [7, 11) is 0. The Labute approximate surface area is 161 Å². The van der Waals surface area contributed by atoms with Crippen LogP contribution in [0.1, 0.15) is 28.6 Å². The Hall–Kier alpha value is -2.19. The van der Waals surface area contributed by atoms with E-state index in [2.05, 4.69) is 4.98 Å². The van der Waals surface area contributed by atoms with E-state index in [-0.39, 0.29) is 28.2 Å². The van der Waals surface area contributed by atoms with Crippen LogP contribution >= 0.6 is 23.4 Å². The second kappa shape index (κ2) is 7.82. The average molecular weight is 416 g/mol. The summed E-state index contributed by atoms with van der Waals surface area (Å²) in [6.45, 7) is 1.87. The molecule has 1 aromatic carbocycles. The number of halogens is 4. The quantitative estimate of drug-likeness (QED) is 0.379. The molecule has 2 heterocycles. The van der Waals surface area contributed by atoms with E-state index in [0.717, 1.165) is 29.4 Å². The van der Waals surface area contributed by atoms with Crippen molar-refractivity contribution in [3.63, 3.8) is 0 Å². The molecular formula is C18H13ClF3NO3S. The number of thioether (sulfide) groups is 1. The third-order valence-electron chi connectivity index (χ3n) is 3.65. The van der Waals surface area contributed by atoms with Gasteiger partial charge in [-0.25, -0.2) is 9.78 Å². The number of furan rings is 1. The number of ether oxygens (including phenoxy) is 1. The molecule has 0 atom stereocenters. The number of esters is 1. The Bertz CT molecular complexity index is 988. The van der Waals surface area contributed by atoms with Crippen LogP contribution in [-0.4, -0.2) is 17.6 Å². The number of aromatic nitrogens is 1. The van der Waals surface area contributed by atoms with Crippen molar-refractivity contribution in [2.24, 2.45) is 0 Å². The maximum absolute atomic E-state index is 12.7. The van der Waals surface area contributed by atoms with Gasteiger partial charge in [-0.3, -0.25) is 0 Å². The minimum Gasteiger partial charge on any atom is -0.460 e. The lowest BCUT2D eigenvalue weighted by Gasteiger charge is -2.09. The molecule has 0 aliphatic heterocycles. The molecule has 0 radical (unpaired) electrons. The van der Waals surface area contributed by atoms with Crippen molar-refractivity contribution >= 4 is 40.3 Å². The molecule has 0 aliphatic carbocycles. The van der Waals surface area contributed by atoms with Crippen molar-refractivity contribution in [1.82, 2.24) is 4.98 Å². The van der Waals surface area contributed by atoms with Gasteiger partial charge in [0.15, 0.2) is 0 Å². The Morgan fingerprint density at radius 3 is 2.74 bits per heavy atom. The summed E-state index contributed by atoms with van der Waals surface area (Å²) in [6, 6.07) is 7.90. The van der Waals surface area contributed by atoms with Gasteiger partial charge in [0, 0.05) is 22.9 Å². The van der Waals surface area contributed by atoms with Gasteiger partial charge in [-0.2, -0.15) is 13.2 Å². The second-order valence-electron chi connectivity index (χ2n) is 5.42. The fourth-order valence-corrected chi connectivity index (χ4v) is 3.65. The Balaban J connectivity index is 1.91. The highest BCUT2D eigenvalue weighted by Crippen LogP contribution is 2.37. The van der Waals surface area contributed by atoms with Crippen LogP contribution in [0, 0.1) is 0 Å². The van der Waals surface area contributed by atoms with Crippen LogP contribution in [0.4, 0.5) is 13.2 Å². The standard InChI is InChI=1S/C18H13ClF3NO3S/c1-2-25-17(24)15-12(11-5-3-4-6-14(11)26-15)9-27-16-13(19)7-10(8-23-16)18(20,21)22/h3-8H,2,9H2,1H3. The van der Waals surface area contributed by atoms with Crippen molar-refractivity contribution in [3.8, 4) is 0 Å². The number of alkyl halides is 3. The van der Waals surface area contributed by atoms with Gasteiger partial charge in [-0.05, 0) is 19.1 Å². The number of fused-ring (bicyclic) bond motifs is 1. The molecule has 0 fully saturated rings. The molecule has 0 amide bonds. The number of hydrogen-bond donors (Lipinski definition) is 0. The van der Waals surface area contributed by atoms with Crippen molar-refractivity contribution in [2.75, 3.05) is 6.61 Å². The summed E-state index contributed by atoms with van der Waals surface area (Å²) in [5, 5.41) is 0.834. The number of carbonyl (C=O) groups is 1. The zero-order chi connectivity index (χ0) is 19.6. The van der Waals surface area contributed by atoms with Crippen molar-refractivity contribution in [1.29, 1.82) is 0 Å². The molecule has 2 aromatic heterocycles. The van der Waals surface area contributed by atoms with Gasteiger partial charge in [0.25, 0.3) is 0 Å². The summed E-state index contributed by atoms with van der Waals surface area (Å²) < 4.78 is 48.8. The molecule has 9 heteroatoms. The van der Waals surface area contributed by atoms with Crippen LogP contribution in [0.5, 0.6) is 0 Å². The van der Waals surface area contributed by atoms with Gasteiger partial charge in [0.05, 0.1) is 17.2 Å². The van der Waals surface area contributed by atoms with Crippen LogP contribution in [0.2, 0.25) is 5.02 Å². The number of hydrogen-bond acceptors (Lipinski definition) is 5. The Kier molecular flexibility index (Phi) is 5.67. The van der Waals surface area contributed by atoms with E-state index >= 15 is 0 Å². The molecular weight excluding hydrogens is 403 g/mol. The van der Waals surface area contributed by atoms with E-state index in [1.165, 1.54) is 0 Å². The third-order valence-corrected chi connectivity index (χ3v) is 5.08. The van der Waals surface area contributed by atoms with E-state index in [1.54, 1.807) is 31.2 Å². The molecule has 3 aromatic rings. The lowest BCUT2D eigenvalue weighted by atomic mass is 10.1. The topological polar surface area (TPSA) is 52.3 Å². The molecule has 0 unspecified atom stereocenters. The van der Waals surface area contributed by atoms with Gasteiger partial charge in [0.2, 0.25) is 5.76 Å². The predicted octanol–water partition coefficient (Wildman–Crippen LogP) is 5.97. The average Bonchev–Trinajstić information content (AvgIpc) is 2.99. The van der Waals surface area contributed by atoms with Crippen LogP contribution in [-0.2, 0) is 16.7 Å². The van der Waals surface area contributed by atoms with Crippen molar-refractivity contribution < 1.29 is 27.1 Å². The molecule has 0 saturated carbocycles. The normalized spacial score (nSPS) is 11.7. The highest BCUT2D eigenvalue weighted by atomic mass is 35.5. The maximum Gasteiger partial charge on any atom is 0.417 e. The first-order valence-corrected chi connectivity index (χ1v) is 9.20. The molecule has 27 heavy (non-hydrogen) atoms. The first kappa shape index (κ1) is 19.6. The molecule has 0 N–H and O–H groups in total. The van der Waals surface area contributed by atoms with Gasteiger partial charge in [-0.15, -0.1) is 0 Å². The van der Waals surface area contributed by atoms with Crippen LogP contribution in [0.3, 0.4) is 0 Å². The van der Waals surface area contributed by atoms with E-state index < -0.39 is 17.7 Å². The molecule has 3 rings (SSSR count). The Morgan fingerprint density at radius 1 is 1.33 bits per heavy atom. The molecule has 0 bridgehead atoms. The second-order valence-corrected chi connectivity index (χ2v) is 6.80. The molecule has 0 spiro atoms. The Morgan fingerprint density at radius 2 is 2.07 bits per heavy atom. The summed E-state index contributed by atoms with van der Waals surface area (Å²) in [5.41, 5.74) is 0.173. The van der Waals surface area contributed by atoms with Gasteiger partial charge in [0.1, 0.15) is 10.6 Å². The van der Waals surface area contributed by atoms with E-state index in [0.29, 0.717) is 11.1 Å². The first-order chi connectivity index (χ1) is 12.8. The summed E-state index contributed by atoms with van der Waals surface area (Å²) >= 11 is 7.06. The maximum atomic E-state index is 12.7. The highest BCUT2D eigenvalue weighted by molar-refractivity contribution is 7.98. The fraction of sp³-hybridized carbons (Fsp3) is 0.222. The highest BCUT2D eigenvalue weighted by Gasteiger charge is 2.31. The monoisotopic (exact) mass is 415 g/mol. The number of nitrogens with zero attached hydrogens (tertiary/aromatic N) is 1. The molecule has 0 aliphatic rings. The van der Waals surface area contributed by atoms with E-state index in [4.69, 9.17) is 20.8 Å². The fourth-order valence-electron chi connectivity index (χ4n) is 2.43. The number of para-hydroxylation sites is 1. The lowest BCUT2D eigenvalue weighted by Crippen LogP contribution is -2.06. The zero-order valence-electron chi connectivity index (χ0n) is 14.0. The van der Waals surface area contributed by atoms with E-state index in [9.17, 15) is 18.0 Å². The minimum absolute atomic E-state index is 0.0635. The number of pyridine rings is 1. The van der Waals surface area contributed by atoms with Gasteiger partial charge in [-0.1, -0.05) is 41.6 Å². The third kappa shape index (κ3) is 4.22. The SMILES string of the molecule is CCOC(=O)c1oc2ccccc2c1CSc1ncc(C(F)(F)F)cc1Cl. The van der Waals surface area contributed by atoms with Crippen molar-refractivity contribution in [2.45, 2.75) is 23.9 Å². The number of benzene rings is 1. The van der Waals surface area contributed by atoms with Crippen LogP contribution in [0.25, 0.3) is 11.0 Å².